The summed E-state index contributed by atoms with van der Waals surface area (Å²) in [6.45, 7) is 6.72. The summed E-state index contributed by atoms with van der Waals surface area (Å²) in [5.41, 5.74) is 4.48. The Morgan fingerprint density at radius 3 is 2.89 bits per heavy atom. The quantitative estimate of drug-likeness (QED) is 0.349. The van der Waals surface area contributed by atoms with Crippen LogP contribution in [0.2, 0.25) is 0 Å². The Balaban J connectivity index is 1.39. The molecule has 0 saturated heterocycles. The molecular formula is C26H28N10O2. The summed E-state index contributed by atoms with van der Waals surface area (Å²) in [5, 5.41) is 30.2. The van der Waals surface area contributed by atoms with Crippen LogP contribution in [0.4, 0.5) is 11.6 Å². The molecular weight excluding hydrogens is 484 g/mol. The van der Waals surface area contributed by atoms with E-state index in [-0.39, 0.29) is 17.8 Å². The lowest BCUT2D eigenvalue weighted by atomic mass is 9.96. The Morgan fingerprint density at radius 1 is 1.29 bits per heavy atom. The van der Waals surface area contributed by atoms with Crippen molar-refractivity contribution in [3.8, 4) is 17.3 Å². The molecule has 4 heterocycles. The average molecular weight is 513 g/mol. The van der Waals surface area contributed by atoms with Crippen LogP contribution in [-0.2, 0) is 12.0 Å². The zero-order valence-corrected chi connectivity index (χ0v) is 21.6. The zero-order chi connectivity index (χ0) is 26.9. The van der Waals surface area contributed by atoms with E-state index < -0.39 is 11.3 Å². The summed E-state index contributed by atoms with van der Waals surface area (Å²) < 4.78 is 5.52. The zero-order valence-electron chi connectivity index (χ0n) is 21.6. The maximum atomic E-state index is 13.0. The number of amides is 1. The van der Waals surface area contributed by atoms with Gasteiger partial charge < -0.3 is 20.0 Å². The SMILES string of the molecule is Cc1n[nH]cc1Nc1nccc(-c2ccc3c(c2)CN(C)CC[C@H]3NC(=O)c2nnc(C(C)(C)C#N)o2)n1. The van der Waals surface area contributed by atoms with Gasteiger partial charge in [0.15, 0.2) is 0 Å². The lowest BCUT2D eigenvalue weighted by Crippen LogP contribution is -2.30. The maximum absolute atomic E-state index is 13.0. The number of benzene rings is 1. The van der Waals surface area contributed by atoms with Crippen molar-refractivity contribution in [1.29, 1.82) is 5.26 Å². The van der Waals surface area contributed by atoms with E-state index in [2.05, 4.69) is 65.1 Å². The summed E-state index contributed by atoms with van der Waals surface area (Å²) in [7, 11) is 2.05. The normalized spacial score (nSPS) is 15.8. The highest BCUT2D eigenvalue weighted by Crippen LogP contribution is 2.31. The second-order valence-electron chi connectivity index (χ2n) is 9.89. The molecule has 0 unspecified atom stereocenters. The van der Waals surface area contributed by atoms with Gasteiger partial charge in [-0.05, 0) is 57.5 Å². The molecule has 0 aliphatic carbocycles. The fourth-order valence-electron chi connectivity index (χ4n) is 4.29. The standard InChI is InChI=1S/C26H28N10O2/c1-15-21(12-29-33-15)32-25-28-9-7-19(31-25)16-5-6-18-17(11-16)13-36(4)10-8-20(18)30-22(37)23-34-35-24(38-23)26(2,3)14-27/h5-7,9,11-12,20H,8,10,13H2,1-4H3,(H,29,33)(H,30,37)(H,28,31,32)/t20-/m1/s1. The van der Waals surface area contributed by atoms with Crippen molar-refractivity contribution in [2.45, 2.75) is 45.2 Å². The number of carbonyl (C=O) groups is 1. The Labute approximate surface area is 219 Å². The van der Waals surface area contributed by atoms with E-state index in [9.17, 15) is 10.1 Å². The van der Waals surface area contributed by atoms with Gasteiger partial charge in [0.2, 0.25) is 11.8 Å². The minimum atomic E-state index is -0.979. The van der Waals surface area contributed by atoms with Crippen molar-refractivity contribution in [3.63, 3.8) is 0 Å². The molecule has 0 bridgehead atoms. The molecule has 0 saturated carbocycles. The van der Waals surface area contributed by atoms with E-state index in [1.54, 1.807) is 26.2 Å². The van der Waals surface area contributed by atoms with E-state index in [1.807, 2.05) is 25.1 Å². The number of hydrogen-bond acceptors (Lipinski definition) is 10. The van der Waals surface area contributed by atoms with E-state index in [0.717, 1.165) is 46.9 Å². The number of carbonyl (C=O) groups excluding carboxylic acids is 1. The van der Waals surface area contributed by atoms with Crippen molar-refractivity contribution in [2.75, 3.05) is 18.9 Å². The molecule has 194 valence electrons. The second kappa shape index (κ2) is 10.0. The number of fused-ring (bicyclic) bond motifs is 1. The molecule has 1 aliphatic rings. The summed E-state index contributed by atoms with van der Waals surface area (Å²) in [6, 6.07) is 9.85. The van der Waals surface area contributed by atoms with Crippen molar-refractivity contribution >= 4 is 17.5 Å². The largest absolute Gasteiger partial charge is 0.415 e. The molecule has 0 radical (unpaired) electrons. The molecule has 12 heteroatoms. The van der Waals surface area contributed by atoms with Gasteiger partial charge in [0.05, 0.1) is 29.2 Å². The molecule has 1 atom stereocenters. The highest BCUT2D eigenvalue weighted by atomic mass is 16.4. The number of anilines is 2. The molecule has 38 heavy (non-hydrogen) atoms. The van der Waals surface area contributed by atoms with E-state index >= 15 is 0 Å². The third kappa shape index (κ3) is 5.09. The van der Waals surface area contributed by atoms with Crippen LogP contribution in [0.3, 0.4) is 0 Å². The predicted molar refractivity (Wildman–Crippen MR) is 138 cm³/mol. The fourth-order valence-corrected chi connectivity index (χ4v) is 4.29. The summed E-state index contributed by atoms with van der Waals surface area (Å²) in [5.74, 6) is -0.0452. The highest BCUT2D eigenvalue weighted by molar-refractivity contribution is 5.89. The molecule has 4 aromatic rings. The minimum Gasteiger partial charge on any atom is -0.415 e. The number of rotatable bonds is 6. The van der Waals surface area contributed by atoms with Gasteiger partial charge in [0.25, 0.3) is 0 Å². The first-order valence-electron chi connectivity index (χ1n) is 12.2. The third-order valence-electron chi connectivity index (χ3n) is 6.53. The van der Waals surface area contributed by atoms with E-state index in [4.69, 9.17) is 4.42 Å². The third-order valence-corrected chi connectivity index (χ3v) is 6.53. The number of aromatic amines is 1. The Bertz CT molecular complexity index is 1520. The number of aryl methyl sites for hydroxylation is 1. The van der Waals surface area contributed by atoms with Gasteiger partial charge in [0, 0.05) is 31.0 Å². The van der Waals surface area contributed by atoms with Crippen molar-refractivity contribution in [1.82, 2.24) is 40.6 Å². The topological polar surface area (TPSA) is 162 Å². The molecule has 1 aliphatic heterocycles. The number of H-pyrrole nitrogens is 1. The van der Waals surface area contributed by atoms with Gasteiger partial charge in [-0.3, -0.25) is 9.89 Å². The lowest BCUT2D eigenvalue weighted by Gasteiger charge is -2.19. The average Bonchev–Trinajstić information content (AvgIpc) is 3.53. The molecule has 0 spiro atoms. The summed E-state index contributed by atoms with van der Waals surface area (Å²) in [4.78, 5) is 24.2. The van der Waals surface area contributed by atoms with Crippen LogP contribution >= 0.6 is 0 Å². The van der Waals surface area contributed by atoms with Gasteiger partial charge in [0.1, 0.15) is 5.41 Å². The number of aromatic nitrogens is 6. The highest BCUT2D eigenvalue weighted by Gasteiger charge is 2.30. The van der Waals surface area contributed by atoms with Gasteiger partial charge in [-0.2, -0.15) is 10.4 Å². The van der Waals surface area contributed by atoms with Crippen molar-refractivity contribution in [3.05, 3.63) is 65.3 Å². The number of nitriles is 1. The smallest absolute Gasteiger partial charge is 0.309 e. The molecule has 3 N–H and O–H groups in total. The monoisotopic (exact) mass is 512 g/mol. The maximum Gasteiger partial charge on any atom is 0.309 e. The Hall–Kier alpha value is -4.63. The first kappa shape index (κ1) is 25.0. The van der Waals surface area contributed by atoms with Crippen molar-refractivity contribution in [2.24, 2.45) is 0 Å². The van der Waals surface area contributed by atoms with Crippen LogP contribution in [0, 0.1) is 18.3 Å². The van der Waals surface area contributed by atoms with Crippen LogP contribution in [0.15, 0.2) is 41.1 Å². The summed E-state index contributed by atoms with van der Waals surface area (Å²) in [6.07, 6.45) is 4.19. The molecule has 1 aromatic carbocycles. The second-order valence-corrected chi connectivity index (χ2v) is 9.89. The molecule has 5 rings (SSSR count). The van der Waals surface area contributed by atoms with Crippen LogP contribution < -0.4 is 10.6 Å². The predicted octanol–water partition coefficient (Wildman–Crippen LogP) is 3.41. The molecule has 1 amide bonds. The molecule has 0 fully saturated rings. The molecule has 3 aromatic heterocycles. The first-order chi connectivity index (χ1) is 18.2. The van der Waals surface area contributed by atoms with Gasteiger partial charge >= 0.3 is 11.8 Å². The van der Waals surface area contributed by atoms with Crippen LogP contribution in [-0.4, -0.2) is 54.8 Å². The Kier molecular flexibility index (Phi) is 6.61. The molecule has 12 nitrogen and oxygen atoms in total. The minimum absolute atomic E-state index is 0.109. The van der Waals surface area contributed by atoms with Gasteiger partial charge in [-0.1, -0.05) is 12.1 Å². The number of hydrogen-bond donors (Lipinski definition) is 3. The number of nitrogens with one attached hydrogen (secondary N) is 3. The summed E-state index contributed by atoms with van der Waals surface area (Å²) >= 11 is 0. The van der Waals surface area contributed by atoms with Crippen LogP contribution in [0.25, 0.3) is 11.3 Å². The number of nitrogens with zero attached hydrogens (tertiary/aromatic N) is 7. The van der Waals surface area contributed by atoms with E-state index in [1.165, 1.54) is 0 Å². The van der Waals surface area contributed by atoms with E-state index in [0.29, 0.717) is 12.4 Å². The van der Waals surface area contributed by atoms with Crippen molar-refractivity contribution < 1.29 is 9.21 Å². The van der Waals surface area contributed by atoms with Gasteiger partial charge in [-0.25, -0.2) is 9.97 Å². The van der Waals surface area contributed by atoms with Crippen LogP contribution in [0.5, 0.6) is 0 Å². The van der Waals surface area contributed by atoms with Crippen LogP contribution in [0.1, 0.15) is 59.7 Å². The Morgan fingerprint density at radius 2 is 2.13 bits per heavy atom. The van der Waals surface area contributed by atoms with Gasteiger partial charge in [-0.15, -0.1) is 10.2 Å². The first-order valence-corrected chi connectivity index (χ1v) is 12.2. The lowest BCUT2D eigenvalue weighted by molar-refractivity contribution is 0.0895. The fraction of sp³-hybridized carbons (Fsp3) is 0.346.